The molecule has 2 aromatic carbocycles. The highest BCUT2D eigenvalue weighted by molar-refractivity contribution is 9.10. The molecule has 0 radical (unpaired) electrons. The fourth-order valence-electron chi connectivity index (χ4n) is 2.54. The Kier molecular flexibility index (Phi) is 3.89. The van der Waals surface area contributed by atoms with Gasteiger partial charge in [-0.05, 0) is 36.2 Å². The molecule has 1 atom stereocenters. The molecule has 0 saturated carbocycles. The zero-order valence-corrected chi connectivity index (χ0v) is 14.2. The summed E-state index contributed by atoms with van der Waals surface area (Å²) in [6.07, 6.45) is 0.192. The first-order valence-electron chi connectivity index (χ1n) is 6.45. The second kappa shape index (κ2) is 5.51. The Morgan fingerprint density at radius 3 is 2.75 bits per heavy atom. The second-order valence-corrected chi connectivity index (χ2v) is 6.78. The average Bonchev–Trinajstić information content (AvgIpc) is 2.87. The van der Waals surface area contributed by atoms with Gasteiger partial charge in [0.25, 0.3) is 0 Å². The fraction of sp³-hybridized carbons (Fsp3) is 0.250. The van der Waals surface area contributed by atoms with Gasteiger partial charge in [0.1, 0.15) is 11.9 Å². The number of rotatable bonds is 2. The van der Waals surface area contributed by atoms with Crippen molar-refractivity contribution in [1.29, 1.82) is 0 Å². The van der Waals surface area contributed by atoms with Gasteiger partial charge in [-0.2, -0.15) is 0 Å². The third-order valence-corrected chi connectivity index (χ3v) is 4.70. The van der Waals surface area contributed by atoms with Crippen molar-refractivity contribution in [3.8, 4) is 5.75 Å². The molecule has 0 saturated heterocycles. The fourth-order valence-corrected chi connectivity index (χ4v) is 3.53. The molecule has 1 unspecified atom stereocenters. The summed E-state index contributed by atoms with van der Waals surface area (Å²) < 4.78 is 7.58. The molecule has 1 N–H and O–H groups in total. The number of aliphatic hydroxyl groups excluding tert-OH is 1. The lowest BCUT2D eigenvalue weighted by Gasteiger charge is -2.17. The number of hydrogen-bond acceptors (Lipinski definition) is 2. The van der Waals surface area contributed by atoms with Crippen molar-refractivity contribution in [3.05, 3.63) is 61.5 Å². The molecule has 1 heterocycles. The molecule has 0 spiro atoms. The van der Waals surface area contributed by atoms with Crippen LogP contribution in [-0.2, 0) is 6.42 Å². The predicted molar refractivity (Wildman–Crippen MR) is 86.3 cm³/mol. The molecule has 2 aromatic rings. The van der Waals surface area contributed by atoms with Crippen LogP contribution in [-0.4, -0.2) is 11.7 Å². The van der Waals surface area contributed by atoms with Crippen molar-refractivity contribution in [1.82, 2.24) is 0 Å². The molecule has 2 nitrogen and oxygen atoms in total. The van der Waals surface area contributed by atoms with Gasteiger partial charge in [0.15, 0.2) is 0 Å². The Hall–Kier alpha value is -0.840. The number of benzene rings is 2. The van der Waals surface area contributed by atoms with Gasteiger partial charge in [-0.1, -0.05) is 49.6 Å². The van der Waals surface area contributed by atoms with Crippen molar-refractivity contribution >= 4 is 31.9 Å². The Balaban J connectivity index is 2.11. The van der Waals surface area contributed by atoms with Crippen LogP contribution >= 0.6 is 31.9 Å². The standard InChI is InChI=1S/C16H14Br2O2/c1-9-2-3-14(18)12(6-9)15(19)13-8-11(17)7-10-4-5-20-16(10)13/h2-3,6-8,15,19H,4-5H2,1H3. The summed E-state index contributed by atoms with van der Waals surface area (Å²) in [4.78, 5) is 0. The lowest BCUT2D eigenvalue weighted by Crippen LogP contribution is -2.04. The topological polar surface area (TPSA) is 29.5 Å². The molecule has 0 aliphatic carbocycles. The first-order chi connectivity index (χ1) is 9.56. The molecule has 20 heavy (non-hydrogen) atoms. The average molecular weight is 398 g/mol. The van der Waals surface area contributed by atoms with Crippen molar-refractivity contribution < 1.29 is 9.84 Å². The molecule has 4 heteroatoms. The van der Waals surface area contributed by atoms with Crippen LogP contribution < -0.4 is 4.74 Å². The van der Waals surface area contributed by atoms with E-state index in [1.165, 1.54) is 0 Å². The first kappa shape index (κ1) is 14.1. The molecular formula is C16H14Br2O2. The van der Waals surface area contributed by atoms with Crippen LogP contribution in [0.25, 0.3) is 0 Å². The van der Waals surface area contributed by atoms with Gasteiger partial charge in [-0.15, -0.1) is 0 Å². The van der Waals surface area contributed by atoms with E-state index in [2.05, 4.69) is 37.9 Å². The number of fused-ring (bicyclic) bond motifs is 1. The summed E-state index contributed by atoms with van der Waals surface area (Å²) in [6, 6.07) is 9.97. The van der Waals surface area contributed by atoms with Gasteiger partial charge in [0.2, 0.25) is 0 Å². The van der Waals surface area contributed by atoms with Gasteiger partial charge in [0, 0.05) is 20.9 Å². The van der Waals surface area contributed by atoms with E-state index in [1.807, 2.05) is 31.2 Å². The molecule has 0 fully saturated rings. The highest BCUT2D eigenvalue weighted by Crippen LogP contribution is 2.40. The summed E-state index contributed by atoms with van der Waals surface area (Å²) in [5.74, 6) is 0.828. The van der Waals surface area contributed by atoms with Crippen LogP contribution in [0.4, 0.5) is 0 Å². The Labute approximate surface area is 135 Å². The van der Waals surface area contributed by atoms with Crippen LogP contribution in [0.15, 0.2) is 39.3 Å². The maximum Gasteiger partial charge on any atom is 0.128 e. The van der Waals surface area contributed by atoms with E-state index < -0.39 is 6.10 Å². The zero-order chi connectivity index (χ0) is 14.3. The molecule has 104 valence electrons. The van der Waals surface area contributed by atoms with Crippen LogP contribution in [0, 0.1) is 6.92 Å². The molecule has 0 amide bonds. The predicted octanol–water partition coefficient (Wildman–Crippen LogP) is 4.54. The Bertz CT molecular complexity index is 668. The molecule has 1 aliphatic heterocycles. The van der Waals surface area contributed by atoms with Gasteiger partial charge >= 0.3 is 0 Å². The number of aryl methyl sites for hydroxylation is 1. The van der Waals surface area contributed by atoms with Crippen LogP contribution in [0.1, 0.15) is 28.4 Å². The summed E-state index contributed by atoms with van der Waals surface area (Å²) in [7, 11) is 0. The van der Waals surface area contributed by atoms with E-state index >= 15 is 0 Å². The maximum absolute atomic E-state index is 10.8. The number of halogens is 2. The molecule has 0 aromatic heterocycles. The summed E-state index contributed by atoms with van der Waals surface area (Å²) in [5, 5.41) is 10.8. The van der Waals surface area contributed by atoms with Crippen LogP contribution in [0.5, 0.6) is 5.75 Å². The van der Waals surface area contributed by atoms with Gasteiger partial charge in [-0.3, -0.25) is 0 Å². The van der Waals surface area contributed by atoms with Crippen molar-refractivity contribution in [3.63, 3.8) is 0 Å². The first-order valence-corrected chi connectivity index (χ1v) is 8.04. The summed E-state index contributed by atoms with van der Waals surface area (Å²) >= 11 is 7.03. The second-order valence-electron chi connectivity index (χ2n) is 5.01. The van der Waals surface area contributed by atoms with E-state index in [1.54, 1.807) is 0 Å². The van der Waals surface area contributed by atoms with Crippen LogP contribution in [0.2, 0.25) is 0 Å². The largest absolute Gasteiger partial charge is 0.493 e. The maximum atomic E-state index is 10.8. The monoisotopic (exact) mass is 396 g/mol. The highest BCUT2D eigenvalue weighted by Gasteiger charge is 2.24. The minimum atomic E-state index is -0.700. The number of ether oxygens (including phenoxy) is 1. The lowest BCUT2D eigenvalue weighted by molar-refractivity contribution is 0.213. The summed E-state index contributed by atoms with van der Waals surface area (Å²) in [6.45, 7) is 2.70. The molecule has 0 bridgehead atoms. The SMILES string of the molecule is Cc1ccc(Br)c(C(O)c2cc(Br)cc3c2OCC3)c1. The number of hydrogen-bond donors (Lipinski definition) is 1. The van der Waals surface area contributed by atoms with E-state index in [0.29, 0.717) is 6.61 Å². The van der Waals surface area contributed by atoms with E-state index in [9.17, 15) is 5.11 Å². The third-order valence-electron chi connectivity index (χ3n) is 3.52. The lowest BCUT2D eigenvalue weighted by atomic mass is 9.97. The van der Waals surface area contributed by atoms with Gasteiger partial charge in [0.05, 0.1) is 6.61 Å². The van der Waals surface area contributed by atoms with Crippen molar-refractivity contribution in [2.24, 2.45) is 0 Å². The van der Waals surface area contributed by atoms with Gasteiger partial charge in [-0.25, -0.2) is 0 Å². The molecular weight excluding hydrogens is 384 g/mol. The molecule has 1 aliphatic rings. The van der Waals surface area contributed by atoms with Gasteiger partial charge < -0.3 is 9.84 Å². The Morgan fingerprint density at radius 2 is 1.95 bits per heavy atom. The number of aliphatic hydroxyl groups is 1. The zero-order valence-electron chi connectivity index (χ0n) is 11.0. The Morgan fingerprint density at radius 1 is 1.15 bits per heavy atom. The smallest absolute Gasteiger partial charge is 0.128 e. The van der Waals surface area contributed by atoms with Crippen molar-refractivity contribution in [2.45, 2.75) is 19.4 Å². The minimum absolute atomic E-state index is 0.681. The van der Waals surface area contributed by atoms with Crippen molar-refractivity contribution in [2.75, 3.05) is 6.61 Å². The highest BCUT2D eigenvalue weighted by atomic mass is 79.9. The molecule has 3 rings (SSSR count). The van der Waals surface area contributed by atoms with Crippen LogP contribution in [0.3, 0.4) is 0 Å². The normalized spacial score (nSPS) is 14.8. The van der Waals surface area contributed by atoms with E-state index in [4.69, 9.17) is 4.74 Å². The van der Waals surface area contributed by atoms with E-state index in [0.717, 1.165) is 43.4 Å². The minimum Gasteiger partial charge on any atom is -0.493 e. The summed E-state index contributed by atoms with van der Waals surface area (Å²) in [5.41, 5.74) is 3.95. The van der Waals surface area contributed by atoms with E-state index in [-0.39, 0.29) is 0 Å². The third kappa shape index (κ3) is 2.52. The quantitative estimate of drug-likeness (QED) is 0.806.